The molecule has 0 bridgehead atoms. The SMILES string of the molecule is CCCNCc1cc(C)ccc1OC1CCC(C)C(C)C1. The Morgan fingerprint density at radius 1 is 1.19 bits per heavy atom. The van der Waals surface area contributed by atoms with Crippen LogP contribution in [0.2, 0.25) is 0 Å². The summed E-state index contributed by atoms with van der Waals surface area (Å²) in [5.74, 6) is 2.69. The van der Waals surface area contributed by atoms with E-state index in [4.69, 9.17) is 4.74 Å². The van der Waals surface area contributed by atoms with Crippen molar-refractivity contribution in [2.75, 3.05) is 6.54 Å². The third kappa shape index (κ3) is 4.74. The number of hydrogen-bond acceptors (Lipinski definition) is 2. The van der Waals surface area contributed by atoms with Crippen LogP contribution in [0.25, 0.3) is 0 Å². The van der Waals surface area contributed by atoms with Crippen molar-refractivity contribution in [2.45, 2.75) is 66.0 Å². The number of hydrogen-bond donors (Lipinski definition) is 1. The summed E-state index contributed by atoms with van der Waals surface area (Å²) in [4.78, 5) is 0. The first-order chi connectivity index (χ1) is 10.1. The Labute approximate surface area is 130 Å². The molecule has 118 valence electrons. The first-order valence-corrected chi connectivity index (χ1v) is 8.57. The van der Waals surface area contributed by atoms with Crippen molar-refractivity contribution in [1.29, 1.82) is 0 Å². The molecule has 1 N–H and O–H groups in total. The average Bonchev–Trinajstić information content (AvgIpc) is 2.46. The number of rotatable bonds is 6. The minimum Gasteiger partial charge on any atom is -0.490 e. The molecule has 3 unspecified atom stereocenters. The molecule has 0 spiro atoms. The van der Waals surface area contributed by atoms with Crippen LogP contribution in [0, 0.1) is 18.8 Å². The zero-order valence-electron chi connectivity index (χ0n) is 14.1. The van der Waals surface area contributed by atoms with Gasteiger partial charge in [-0.1, -0.05) is 38.5 Å². The third-order valence-corrected chi connectivity index (χ3v) is 4.80. The Morgan fingerprint density at radius 2 is 2.00 bits per heavy atom. The predicted molar refractivity (Wildman–Crippen MR) is 89.8 cm³/mol. The Bertz CT molecular complexity index is 443. The van der Waals surface area contributed by atoms with E-state index in [1.807, 2.05) is 0 Å². The fraction of sp³-hybridized carbons (Fsp3) is 0.684. The summed E-state index contributed by atoms with van der Waals surface area (Å²) in [6.45, 7) is 11.0. The summed E-state index contributed by atoms with van der Waals surface area (Å²) in [7, 11) is 0. The van der Waals surface area contributed by atoms with Crippen LogP contribution in [-0.2, 0) is 6.54 Å². The van der Waals surface area contributed by atoms with Gasteiger partial charge >= 0.3 is 0 Å². The molecule has 1 aromatic carbocycles. The smallest absolute Gasteiger partial charge is 0.124 e. The van der Waals surface area contributed by atoms with Crippen molar-refractivity contribution in [3.63, 3.8) is 0 Å². The first kappa shape index (κ1) is 16.4. The van der Waals surface area contributed by atoms with Gasteiger partial charge in [-0.15, -0.1) is 0 Å². The van der Waals surface area contributed by atoms with Crippen LogP contribution in [0.15, 0.2) is 18.2 Å². The largest absolute Gasteiger partial charge is 0.490 e. The number of ether oxygens (including phenoxy) is 1. The Kier molecular flexibility index (Phi) is 6.10. The number of aryl methyl sites for hydroxylation is 1. The Morgan fingerprint density at radius 3 is 2.71 bits per heavy atom. The minimum atomic E-state index is 0.392. The standard InChI is InChI=1S/C19H31NO/c1-5-10-20-13-17-11-14(2)6-9-19(17)21-18-8-7-15(3)16(4)12-18/h6,9,11,15-16,18,20H,5,7-8,10,12-13H2,1-4H3. The van der Waals surface area contributed by atoms with Crippen LogP contribution in [0.1, 0.15) is 57.6 Å². The maximum absolute atomic E-state index is 6.35. The molecular formula is C19H31NO. The molecule has 0 heterocycles. The van der Waals surface area contributed by atoms with Gasteiger partial charge in [-0.2, -0.15) is 0 Å². The molecule has 0 aromatic heterocycles. The van der Waals surface area contributed by atoms with E-state index >= 15 is 0 Å². The summed E-state index contributed by atoms with van der Waals surface area (Å²) >= 11 is 0. The van der Waals surface area contributed by atoms with Gasteiger partial charge < -0.3 is 10.1 Å². The lowest BCUT2D eigenvalue weighted by molar-refractivity contribution is 0.0996. The zero-order valence-corrected chi connectivity index (χ0v) is 14.1. The normalized spacial score (nSPS) is 25.8. The number of benzene rings is 1. The lowest BCUT2D eigenvalue weighted by atomic mass is 9.80. The lowest BCUT2D eigenvalue weighted by Gasteiger charge is -2.32. The third-order valence-electron chi connectivity index (χ3n) is 4.80. The molecular weight excluding hydrogens is 258 g/mol. The number of nitrogens with one attached hydrogen (secondary N) is 1. The summed E-state index contributed by atoms with van der Waals surface area (Å²) in [5, 5.41) is 3.49. The van der Waals surface area contributed by atoms with Gasteiger partial charge in [0.15, 0.2) is 0 Å². The fourth-order valence-electron chi connectivity index (χ4n) is 3.15. The quantitative estimate of drug-likeness (QED) is 0.767. The second kappa shape index (κ2) is 7.84. The van der Waals surface area contributed by atoms with E-state index in [1.165, 1.54) is 36.8 Å². The van der Waals surface area contributed by atoms with Gasteiger partial charge in [-0.25, -0.2) is 0 Å². The monoisotopic (exact) mass is 289 g/mol. The zero-order chi connectivity index (χ0) is 15.2. The van der Waals surface area contributed by atoms with Crippen molar-refractivity contribution < 1.29 is 4.74 Å². The molecule has 0 amide bonds. The van der Waals surface area contributed by atoms with Crippen LogP contribution in [0.5, 0.6) is 5.75 Å². The van der Waals surface area contributed by atoms with Gasteiger partial charge in [-0.3, -0.25) is 0 Å². The maximum Gasteiger partial charge on any atom is 0.124 e. The molecule has 2 nitrogen and oxygen atoms in total. The highest BCUT2D eigenvalue weighted by Crippen LogP contribution is 2.32. The van der Waals surface area contributed by atoms with E-state index < -0.39 is 0 Å². The summed E-state index contributed by atoms with van der Waals surface area (Å²) < 4.78 is 6.35. The van der Waals surface area contributed by atoms with E-state index in [0.29, 0.717) is 6.10 Å². The average molecular weight is 289 g/mol. The van der Waals surface area contributed by atoms with E-state index in [2.05, 4.69) is 51.2 Å². The van der Waals surface area contributed by atoms with Gasteiger partial charge in [0.1, 0.15) is 5.75 Å². The molecule has 2 heteroatoms. The molecule has 1 saturated carbocycles. The second-order valence-corrected chi connectivity index (χ2v) is 6.80. The van der Waals surface area contributed by atoms with Gasteiger partial charge in [-0.05, 0) is 57.1 Å². The van der Waals surface area contributed by atoms with Crippen molar-refractivity contribution in [3.05, 3.63) is 29.3 Å². The van der Waals surface area contributed by atoms with Gasteiger partial charge in [0, 0.05) is 12.1 Å². The van der Waals surface area contributed by atoms with Crippen LogP contribution in [-0.4, -0.2) is 12.6 Å². The van der Waals surface area contributed by atoms with Gasteiger partial charge in [0.25, 0.3) is 0 Å². The highest BCUT2D eigenvalue weighted by molar-refractivity contribution is 5.37. The fourth-order valence-corrected chi connectivity index (χ4v) is 3.15. The molecule has 0 radical (unpaired) electrons. The molecule has 1 aliphatic carbocycles. The van der Waals surface area contributed by atoms with Crippen LogP contribution < -0.4 is 10.1 Å². The molecule has 3 atom stereocenters. The molecule has 0 saturated heterocycles. The molecule has 21 heavy (non-hydrogen) atoms. The lowest BCUT2D eigenvalue weighted by Crippen LogP contribution is -2.29. The second-order valence-electron chi connectivity index (χ2n) is 6.80. The van der Waals surface area contributed by atoms with E-state index in [9.17, 15) is 0 Å². The topological polar surface area (TPSA) is 21.3 Å². The summed E-state index contributed by atoms with van der Waals surface area (Å²) in [5.41, 5.74) is 2.61. The highest BCUT2D eigenvalue weighted by atomic mass is 16.5. The van der Waals surface area contributed by atoms with E-state index in [-0.39, 0.29) is 0 Å². The van der Waals surface area contributed by atoms with Gasteiger partial charge in [0.05, 0.1) is 6.10 Å². The molecule has 0 aliphatic heterocycles. The van der Waals surface area contributed by atoms with E-state index in [0.717, 1.165) is 30.7 Å². The summed E-state index contributed by atoms with van der Waals surface area (Å²) in [6, 6.07) is 6.57. The molecule has 1 fully saturated rings. The van der Waals surface area contributed by atoms with Gasteiger partial charge in [0.2, 0.25) is 0 Å². The Balaban J connectivity index is 2.01. The summed E-state index contributed by atoms with van der Waals surface area (Å²) in [6.07, 6.45) is 5.24. The van der Waals surface area contributed by atoms with Crippen LogP contribution >= 0.6 is 0 Å². The van der Waals surface area contributed by atoms with Crippen LogP contribution in [0.3, 0.4) is 0 Å². The van der Waals surface area contributed by atoms with Crippen LogP contribution in [0.4, 0.5) is 0 Å². The van der Waals surface area contributed by atoms with E-state index in [1.54, 1.807) is 0 Å². The Hall–Kier alpha value is -1.02. The highest BCUT2D eigenvalue weighted by Gasteiger charge is 2.26. The van der Waals surface area contributed by atoms with Crippen molar-refractivity contribution in [1.82, 2.24) is 5.32 Å². The molecule has 1 aliphatic rings. The van der Waals surface area contributed by atoms with Crippen molar-refractivity contribution >= 4 is 0 Å². The first-order valence-electron chi connectivity index (χ1n) is 8.57. The predicted octanol–water partition coefficient (Wildman–Crippen LogP) is 4.70. The maximum atomic E-state index is 6.35. The molecule has 1 aromatic rings. The van der Waals surface area contributed by atoms with Crippen molar-refractivity contribution in [3.8, 4) is 5.75 Å². The molecule has 2 rings (SSSR count). The minimum absolute atomic E-state index is 0.392. The van der Waals surface area contributed by atoms with Crippen molar-refractivity contribution in [2.24, 2.45) is 11.8 Å².